The first-order valence-electron chi connectivity index (χ1n) is 10.1. The van der Waals surface area contributed by atoms with Crippen LogP contribution < -0.4 is 10.5 Å². The standard InChI is InChI=1S/C23H30N2O2/c24-13-20-15-25(16-23(20)19-5-2-1-3-6-19)14-18-8-10-21(11-9-18)27-17-22-7-4-12-26-22/h1-3,5-6,8-11,20,22-23H,4,7,12-17,24H2/t20-,22?,23+/m1/s1. The van der Waals surface area contributed by atoms with Gasteiger partial charge in [-0.2, -0.15) is 0 Å². The Morgan fingerprint density at radius 1 is 1.04 bits per heavy atom. The van der Waals surface area contributed by atoms with Crippen LogP contribution in [0.3, 0.4) is 0 Å². The predicted octanol–water partition coefficient (Wildman–Crippen LogP) is 3.42. The van der Waals surface area contributed by atoms with Crippen LogP contribution in [0.1, 0.15) is 29.9 Å². The van der Waals surface area contributed by atoms with Gasteiger partial charge < -0.3 is 15.2 Å². The molecule has 0 saturated carbocycles. The van der Waals surface area contributed by atoms with Gasteiger partial charge in [-0.1, -0.05) is 42.5 Å². The Bertz CT molecular complexity index is 698. The van der Waals surface area contributed by atoms with Crippen LogP contribution in [-0.4, -0.2) is 43.9 Å². The van der Waals surface area contributed by atoms with E-state index < -0.39 is 0 Å². The molecule has 4 rings (SSSR count). The lowest BCUT2D eigenvalue weighted by Crippen LogP contribution is -2.23. The van der Waals surface area contributed by atoms with Crippen molar-refractivity contribution in [3.8, 4) is 5.75 Å². The molecular weight excluding hydrogens is 336 g/mol. The van der Waals surface area contributed by atoms with Crippen molar-refractivity contribution in [3.05, 3.63) is 65.7 Å². The van der Waals surface area contributed by atoms with Crippen molar-refractivity contribution in [2.24, 2.45) is 11.7 Å². The second-order valence-corrected chi connectivity index (χ2v) is 7.80. The highest BCUT2D eigenvalue weighted by atomic mass is 16.5. The molecule has 0 aliphatic carbocycles. The van der Waals surface area contributed by atoms with Crippen molar-refractivity contribution in [2.45, 2.75) is 31.4 Å². The number of ether oxygens (including phenoxy) is 2. The van der Waals surface area contributed by atoms with Gasteiger partial charge >= 0.3 is 0 Å². The van der Waals surface area contributed by atoms with E-state index in [1.165, 1.54) is 11.1 Å². The summed E-state index contributed by atoms with van der Waals surface area (Å²) in [6.45, 7) is 5.37. The summed E-state index contributed by atoms with van der Waals surface area (Å²) < 4.78 is 11.5. The van der Waals surface area contributed by atoms with Gasteiger partial charge in [-0.05, 0) is 48.6 Å². The van der Waals surface area contributed by atoms with Crippen molar-refractivity contribution >= 4 is 0 Å². The van der Waals surface area contributed by atoms with Crippen LogP contribution in [-0.2, 0) is 11.3 Å². The second kappa shape index (κ2) is 8.87. The lowest BCUT2D eigenvalue weighted by Gasteiger charge is -2.17. The highest BCUT2D eigenvalue weighted by molar-refractivity contribution is 5.28. The lowest BCUT2D eigenvalue weighted by molar-refractivity contribution is 0.0679. The maximum Gasteiger partial charge on any atom is 0.119 e. The molecule has 0 amide bonds. The molecular formula is C23H30N2O2. The number of nitrogens with zero attached hydrogens (tertiary/aromatic N) is 1. The van der Waals surface area contributed by atoms with Gasteiger partial charge in [0.05, 0.1) is 6.10 Å². The Hall–Kier alpha value is -1.88. The van der Waals surface area contributed by atoms with Crippen LogP contribution in [0.4, 0.5) is 0 Å². The number of hydrogen-bond donors (Lipinski definition) is 1. The first kappa shape index (κ1) is 18.5. The van der Waals surface area contributed by atoms with E-state index in [1.807, 2.05) is 0 Å². The third kappa shape index (κ3) is 4.70. The zero-order chi connectivity index (χ0) is 18.5. The monoisotopic (exact) mass is 366 g/mol. The van der Waals surface area contributed by atoms with Gasteiger partial charge in [0.25, 0.3) is 0 Å². The Kier molecular flexibility index (Phi) is 6.07. The van der Waals surface area contributed by atoms with E-state index >= 15 is 0 Å². The van der Waals surface area contributed by atoms with E-state index in [9.17, 15) is 0 Å². The second-order valence-electron chi connectivity index (χ2n) is 7.80. The highest BCUT2D eigenvalue weighted by Crippen LogP contribution is 2.33. The van der Waals surface area contributed by atoms with Crippen molar-refractivity contribution in [2.75, 3.05) is 32.8 Å². The highest BCUT2D eigenvalue weighted by Gasteiger charge is 2.32. The lowest BCUT2D eigenvalue weighted by atomic mass is 9.89. The molecule has 0 radical (unpaired) electrons. The summed E-state index contributed by atoms with van der Waals surface area (Å²) in [4.78, 5) is 2.53. The molecule has 0 bridgehead atoms. The molecule has 2 heterocycles. The van der Waals surface area contributed by atoms with Crippen molar-refractivity contribution in [3.63, 3.8) is 0 Å². The zero-order valence-electron chi connectivity index (χ0n) is 15.9. The molecule has 0 spiro atoms. The zero-order valence-corrected chi connectivity index (χ0v) is 15.9. The summed E-state index contributed by atoms with van der Waals surface area (Å²) in [7, 11) is 0. The molecule has 3 atom stereocenters. The summed E-state index contributed by atoms with van der Waals surface area (Å²) >= 11 is 0. The maximum absolute atomic E-state index is 6.07. The molecule has 2 aromatic rings. The van der Waals surface area contributed by atoms with Crippen molar-refractivity contribution in [1.29, 1.82) is 0 Å². The summed E-state index contributed by atoms with van der Waals surface area (Å²) in [6.07, 6.45) is 2.52. The van der Waals surface area contributed by atoms with Gasteiger partial charge in [-0.15, -0.1) is 0 Å². The van der Waals surface area contributed by atoms with Gasteiger partial charge in [0.2, 0.25) is 0 Å². The fourth-order valence-corrected chi connectivity index (χ4v) is 4.32. The largest absolute Gasteiger partial charge is 0.491 e. The molecule has 4 heteroatoms. The third-order valence-electron chi connectivity index (χ3n) is 5.84. The number of benzene rings is 2. The molecule has 144 valence electrons. The Morgan fingerprint density at radius 3 is 2.56 bits per heavy atom. The third-order valence-corrected chi connectivity index (χ3v) is 5.84. The van der Waals surface area contributed by atoms with Gasteiger partial charge in [0.1, 0.15) is 12.4 Å². The maximum atomic E-state index is 6.07. The van der Waals surface area contributed by atoms with Crippen LogP contribution in [0.15, 0.2) is 54.6 Å². The molecule has 2 aliphatic rings. The average Bonchev–Trinajstić information content (AvgIpc) is 3.38. The van der Waals surface area contributed by atoms with Crippen LogP contribution in [0.25, 0.3) is 0 Å². The van der Waals surface area contributed by atoms with Gasteiger partial charge in [-0.3, -0.25) is 4.90 Å². The minimum atomic E-state index is 0.261. The topological polar surface area (TPSA) is 47.7 Å². The van der Waals surface area contributed by atoms with E-state index in [0.29, 0.717) is 18.4 Å². The van der Waals surface area contributed by atoms with E-state index in [2.05, 4.69) is 59.5 Å². The van der Waals surface area contributed by atoms with Crippen molar-refractivity contribution in [1.82, 2.24) is 4.90 Å². The number of rotatable bonds is 7. The minimum Gasteiger partial charge on any atom is -0.491 e. The van der Waals surface area contributed by atoms with Crippen LogP contribution >= 0.6 is 0 Å². The van der Waals surface area contributed by atoms with Crippen LogP contribution in [0, 0.1) is 5.92 Å². The molecule has 2 N–H and O–H groups in total. The minimum absolute atomic E-state index is 0.261. The molecule has 1 unspecified atom stereocenters. The van der Waals surface area contributed by atoms with E-state index in [4.69, 9.17) is 15.2 Å². The van der Waals surface area contributed by atoms with Crippen molar-refractivity contribution < 1.29 is 9.47 Å². The molecule has 0 aromatic heterocycles. The normalized spacial score (nSPS) is 25.7. The van der Waals surface area contributed by atoms with E-state index in [1.54, 1.807) is 0 Å². The Balaban J connectivity index is 1.32. The summed E-state index contributed by atoms with van der Waals surface area (Å²) in [5.41, 5.74) is 8.80. The first-order chi connectivity index (χ1) is 13.3. The van der Waals surface area contributed by atoms with E-state index in [0.717, 1.165) is 51.4 Å². The Labute approximate surface area is 162 Å². The van der Waals surface area contributed by atoms with Gasteiger partial charge in [0, 0.05) is 32.2 Å². The summed E-state index contributed by atoms with van der Waals surface area (Å²) in [5.74, 6) is 1.99. The van der Waals surface area contributed by atoms with Crippen LogP contribution in [0.5, 0.6) is 5.75 Å². The number of nitrogens with two attached hydrogens (primary N) is 1. The fourth-order valence-electron chi connectivity index (χ4n) is 4.32. The smallest absolute Gasteiger partial charge is 0.119 e. The van der Waals surface area contributed by atoms with E-state index in [-0.39, 0.29) is 6.10 Å². The Morgan fingerprint density at radius 2 is 1.85 bits per heavy atom. The predicted molar refractivity (Wildman–Crippen MR) is 108 cm³/mol. The molecule has 2 fully saturated rings. The quantitative estimate of drug-likeness (QED) is 0.816. The number of hydrogen-bond acceptors (Lipinski definition) is 4. The van der Waals surface area contributed by atoms with Gasteiger partial charge in [0.15, 0.2) is 0 Å². The number of likely N-dealkylation sites (tertiary alicyclic amines) is 1. The average molecular weight is 367 g/mol. The SMILES string of the molecule is NC[C@@H]1CN(Cc2ccc(OCC3CCCO3)cc2)C[C@H]1c1ccccc1. The molecule has 27 heavy (non-hydrogen) atoms. The molecule has 2 saturated heterocycles. The van der Waals surface area contributed by atoms with Crippen LogP contribution in [0.2, 0.25) is 0 Å². The van der Waals surface area contributed by atoms with Gasteiger partial charge in [-0.25, -0.2) is 0 Å². The summed E-state index contributed by atoms with van der Waals surface area (Å²) in [5, 5.41) is 0. The first-order valence-corrected chi connectivity index (χ1v) is 10.1. The fraction of sp³-hybridized carbons (Fsp3) is 0.478. The molecule has 2 aliphatic heterocycles. The summed E-state index contributed by atoms with van der Waals surface area (Å²) in [6, 6.07) is 19.3. The molecule has 2 aromatic carbocycles. The molecule has 4 nitrogen and oxygen atoms in total.